The van der Waals surface area contributed by atoms with E-state index in [1.54, 1.807) is 7.11 Å². The third kappa shape index (κ3) is 4.04. The van der Waals surface area contributed by atoms with Gasteiger partial charge in [0.2, 0.25) is 5.91 Å². The second-order valence-corrected chi connectivity index (χ2v) is 7.37. The van der Waals surface area contributed by atoms with Crippen molar-refractivity contribution in [2.45, 2.75) is 25.3 Å². The third-order valence-corrected chi connectivity index (χ3v) is 5.60. The third-order valence-electron chi connectivity index (χ3n) is 5.60. The number of H-pyrrole nitrogens is 1. The number of aromatic amines is 1. The number of para-hydroxylation sites is 1. The normalized spacial score (nSPS) is 15.6. The molecule has 1 aliphatic heterocycles. The highest BCUT2D eigenvalue weighted by Gasteiger charge is 2.24. The van der Waals surface area contributed by atoms with Crippen molar-refractivity contribution in [3.63, 3.8) is 0 Å². The molecule has 1 unspecified atom stereocenters. The van der Waals surface area contributed by atoms with Crippen molar-refractivity contribution < 1.29 is 9.53 Å². The van der Waals surface area contributed by atoms with Crippen LogP contribution in [0.3, 0.4) is 0 Å². The van der Waals surface area contributed by atoms with E-state index in [-0.39, 0.29) is 11.9 Å². The molecular formula is C23H27N3O2. The number of likely N-dealkylation sites (tertiary alicyclic amines) is 1. The van der Waals surface area contributed by atoms with Gasteiger partial charge in [-0.1, -0.05) is 30.3 Å². The van der Waals surface area contributed by atoms with E-state index in [1.807, 2.05) is 36.5 Å². The lowest BCUT2D eigenvalue weighted by Gasteiger charge is -2.28. The van der Waals surface area contributed by atoms with Crippen molar-refractivity contribution >= 4 is 16.8 Å². The molecule has 146 valence electrons. The van der Waals surface area contributed by atoms with Gasteiger partial charge in [-0.05, 0) is 55.3 Å². The summed E-state index contributed by atoms with van der Waals surface area (Å²) in [5.41, 5.74) is 3.32. The number of carbonyl (C=O) groups is 1. The van der Waals surface area contributed by atoms with Gasteiger partial charge in [-0.15, -0.1) is 0 Å². The first kappa shape index (κ1) is 18.6. The van der Waals surface area contributed by atoms with Crippen molar-refractivity contribution in [1.82, 2.24) is 15.2 Å². The van der Waals surface area contributed by atoms with Gasteiger partial charge < -0.3 is 15.0 Å². The van der Waals surface area contributed by atoms with Gasteiger partial charge in [0.15, 0.2) is 0 Å². The number of carbonyl (C=O) groups excluding carboxylic acids is 1. The van der Waals surface area contributed by atoms with Crippen molar-refractivity contribution in [2.75, 3.05) is 26.7 Å². The number of ether oxygens (including phenoxy) is 1. The van der Waals surface area contributed by atoms with E-state index in [1.165, 1.54) is 18.4 Å². The van der Waals surface area contributed by atoms with Crippen LogP contribution < -0.4 is 10.1 Å². The average Bonchev–Trinajstić information content (AvgIpc) is 3.40. The molecule has 1 amide bonds. The van der Waals surface area contributed by atoms with E-state index < -0.39 is 0 Å². The maximum absolute atomic E-state index is 12.6. The van der Waals surface area contributed by atoms with Gasteiger partial charge in [-0.3, -0.25) is 9.69 Å². The van der Waals surface area contributed by atoms with E-state index in [0.717, 1.165) is 35.3 Å². The molecule has 4 rings (SSSR count). The number of nitrogens with zero attached hydrogens (tertiary/aromatic N) is 1. The predicted octanol–water partition coefficient (Wildman–Crippen LogP) is 3.67. The molecule has 5 nitrogen and oxygen atoms in total. The fourth-order valence-corrected chi connectivity index (χ4v) is 4.06. The highest BCUT2D eigenvalue weighted by Crippen LogP contribution is 2.26. The molecule has 1 saturated heterocycles. The average molecular weight is 377 g/mol. The fourth-order valence-electron chi connectivity index (χ4n) is 4.06. The smallest absolute Gasteiger partial charge is 0.224 e. The second-order valence-electron chi connectivity index (χ2n) is 7.37. The number of nitrogens with one attached hydrogen (secondary N) is 2. The Hall–Kier alpha value is -2.79. The summed E-state index contributed by atoms with van der Waals surface area (Å²) in [6.07, 6.45) is 4.76. The molecule has 1 fully saturated rings. The number of methoxy groups -OCH3 is 1. The first-order valence-corrected chi connectivity index (χ1v) is 9.94. The summed E-state index contributed by atoms with van der Waals surface area (Å²) in [6, 6.07) is 16.5. The zero-order chi connectivity index (χ0) is 19.3. The van der Waals surface area contributed by atoms with Gasteiger partial charge in [-0.25, -0.2) is 0 Å². The van der Waals surface area contributed by atoms with Gasteiger partial charge in [0.1, 0.15) is 5.75 Å². The molecule has 3 aromatic rings. The standard InChI is InChI=1S/C23H27N3O2/c1-28-19-10-8-17(9-11-19)22(26-12-4-5-13-26)16-25-23(27)14-18-15-24-21-7-3-2-6-20(18)21/h2-3,6-11,15,22,24H,4-5,12-14,16H2,1H3,(H,25,27). The van der Waals surface area contributed by atoms with Crippen LogP contribution in [0.4, 0.5) is 0 Å². The number of benzene rings is 2. The zero-order valence-electron chi connectivity index (χ0n) is 16.3. The maximum atomic E-state index is 12.6. The topological polar surface area (TPSA) is 57.4 Å². The zero-order valence-corrected chi connectivity index (χ0v) is 16.3. The molecule has 1 atom stereocenters. The molecule has 5 heteroatoms. The molecule has 2 aromatic carbocycles. The first-order valence-electron chi connectivity index (χ1n) is 9.94. The summed E-state index contributed by atoms with van der Waals surface area (Å²) in [5.74, 6) is 0.912. The summed E-state index contributed by atoms with van der Waals surface area (Å²) in [5, 5.41) is 4.28. The minimum atomic E-state index is 0.0578. The molecule has 1 aromatic heterocycles. The van der Waals surface area contributed by atoms with Crippen LogP contribution in [0.1, 0.15) is 30.0 Å². The Morgan fingerprint density at radius 1 is 1.14 bits per heavy atom. The SMILES string of the molecule is COc1ccc(C(CNC(=O)Cc2c[nH]c3ccccc23)N2CCCC2)cc1. The molecule has 0 radical (unpaired) electrons. The number of hydrogen-bond acceptors (Lipinski definition) is 3. The minimum absolute atomic E-state index is 0.0578. The number of rotatable bonds is 7. The van der Waals surface area contributed by atoms with Gasteiger partial charge in [0.25, 0.3) is 0 Å². The van der Waals surface area contributed by atoms with Crippen LogP contribution in [-0.2, 0) is 11.2 Å². The Morgan fingerprint density at radius 3 is 2.64 bits per heavy atom. The van der Waals surface area contributed by atoms with E-state index in [9.17, 15) is 4.79 Å². The predicted molar refractivity (Wildman–Crippen MR) is 112 cm³/mol. The molecule has 0 bridgehead atoms. The number of fused-ring (bicyclic) bond motifs is 1. The van der Waals surface area contributed by atoms with Crippen LogP contribution in [-0.4, -0.2) is 42.5 Å². The van der Waals surface area contributed by atoms with Crippen molar-refractivity contribution in [3.05, 3.63) is 65.9 Å². The highest BCUT2D eigenvalue weighted by atomic mass is 16.5. The van der Waals surface area contributed by atoms with Crippen LogP contribution in [0.5, 0.6) is 5.75 Å². The van der Waals surface area contributed by atoms with E-state index in [4.69, 9.17) is 4.74 Å². The Kier molecular flexibility index (Phi) is 5.63. The molecule has 2 heterocycles. The van der Waals surface area contributed by atoms with Crippen LogP contribution in [0.2, 0.25) is 0 Å². The lowest BCUT2D eigenvalue weighted by atomic mass is 10.0. The van der Waals surface area contributed by atoms with Gasteiger partial charge in [0.05, 0.1) is 19.6 Å². The summed E-state index contributed by atoms with van der Waals surface area (Å²) in [7, 11) is 1.68. The lowest BCUT2D eigenvalue weighted by molar-refractivity contribution is -0.120. The Morgan fingerprint density at radius 2 is 1.89 bits per heavy atom. The van der Waals surface area contributed by atoms with Gasteiger partial charge >= 0.3 is 0 Å². The van der Waals surface area contributed by atoms with Crippen molar-refractivity contribution in [3.8, 4) is 5.75 Å². The summed E-state index contributed by atoms with van der Waals surface area (Å²) in [4.78, 5) is 18.3. The van der Waals surface area contributed by atoms with Crippen LogP contribution in [0.25, 0.3) is 10.9 Å². The number of aromatic nitrogens is 1. The highest BCUT2D eigenvalue weighted by molar-refractivity contribution is 5.88. The van der Waals surface area contributed by atoms with E-state index in [2.05, 4.69) is 33.4 Å². The number of amides is 1. The van der Waals surface area contributed by atoms with Crippen LogP contribution in [0.15, 0.2) is 54.7 Å². The Labute approximate surface area is 165 Å². The first-order chi connectivity index (χ1) is 13.7. The molecular weight excluding hydrogens is 350 g/mol. The van der Waals surface area contributed by atoms with Crippen LogP contribution in [0, 0.1) is 0 Å². The quantitative estimate of drug-likeness (QED) is 0.660. The molecule has 28 heavy (non-hydrogen) atoms. The summed E-state index contributed by atoms with van der Waals surface area (Å²) in [6.45, 7) is 2.78. The Balaban J connectivity index is 1.43. The lowest BCUT2D eigenvalue weighted by Crippen LogP contribution is -2.37. The monoisotopic (exact) mass is 377 g/mol. The Bertz CT molecular complexity index is 926. The second kappa shape index (κ2) is 8.48. The van der Waals surface area contributed by atoms with Crippen LogP contribution >= 0.6 is 0 Å². The van der Waals surface area contributed by atoms with Gasteiger partial charge in [0, 0.05) is 23.6 Å². The largest absolute Gasteiger partial charge is 0.497 e. The fraction of sp³-hybridized carbons (Fsp3) is 0.348. The summed E-state index contributed by atoms with van der Waals surface area (Å²) < 4.78 is 5.28. The van der Waals surface area contributed by atoms with Crippen molar-refractivity contribution in [2.24, 2.45) is 0 Å². The maximum Gasteiger partial charge on any atom is 0.224 e. The molecule has 0 spiro atoms. The number of hydrogen-bond donors (Lipinski definition) is 2. The van der Waals surface area contributed by atoms with E-state index in [0.29, 0.717) is 13.0 Å². The van der Waals surface area contributed by atoms with Crippen molar-refractivity contribution in [1.29, 1.82) is 0 Å². The van der Waals surface area contributed by atoms with Gasteiger partial charge in [-0.2, -0.15) is 0 Å². The molecule has 0 aliphatic carbocycles. The molecule has 1 aliphatic rings. The minimum Gasteiger partial charge on any atom is -0.497 e. The summed E-state index contributed by atoms with van der Waals surface area (Å²) >= 11 is 0. The molecule has 0 saturated carbocycles. The van der Waals surface area contributed by atoms with E-state index >= 15 is 0 Å². The molecule has 2 N–H and O–H groups in total.